The van der Waals surface area contributed by atoms with Crippen LogP contribution in [0.1, 0.15) is 82.3 Å². The molecule has 4 rings (SSSR count). The Morgan fingerprint density at radius 1 is 0.615 bits per heavy atom. The normalized spacial score (nSPS) is 17.5. The quantitative estimate of drug-likeness (QED) is 0.168. The molecule has 0 radical (unpaired) electrons. The van der Waals surface area contributed by atoms with Crippen molar-refractivity contribution in [2.24, 2.45) is 0 Å². The molecule has 3 aromatic rings. The summed E-state index contributed by atoms with van der Waals surface area (Å²) in [6.07, 6.45) is 8.46. The average molecular weight is 543 g/mol. The fraction of sp³-hybridized carbons (Fsp3) is 0.455. The molecule has 0 N–H and O–H groups in total. The summed E-state index contributed by atoms with van der Waals surface area (Å²) in [5.41, 5.74) is 1.74. The summed E-state index contributed by atoms with van der Waals surface area (Å²) in [4.78, 5) is 0. The number of unbranched alkanes of at least 4 members (excludes halogenated alkanes) is 5. The second-order valence-electron chi connectivity index (χ2n) is 10.4. The summed E-state index contributed by atoms with van der Waals surface area (Å²) in [5, 5.41) is 0. The van der Waals surface area contributed by atoms with Crippen molar-refractivity contribution in [1.82, 2.24) is 0 Å². The van der Waals surface area contributed by atoms with Gasteiger partial charge in [0.2, 0.25) is 0 Å². The third kappa shape index (κ3) is 7.09. The molecule has 1 saturated heterocycles. The third-order valence-electron chi connectivity index (χ3n) is 7.53. The van der Waals surface area contributed by atoms with Gasteiger partial charge in [-0.25, -0.2) is 17.6 Å². The number of benzene rings is 3. The lowest BCUT2D eigenvalue weighted by Gasteiger charge is -2.30. The number of halogens is 4. The Morgan fingerprint density at radius 2 is 1.18 bits per heavy atom. The van der Waals surface area contributed by atoms with Crippen molar-refractivity contribution < 1.29 is 27.0 Å². The van der Waals surface area contributed by atoms with E-state index >= 15 is 8.78 Å². The van der Waals surface area contributed by atoms with Gasteiger partial charge in [-0.15, -0.1) is 0 Å². The first-order chi connectivity index (χ1) is 18.9. The average Bonchev–Trinajstić information content (AvgIpc) is 2.96. The van der Waals surface area contributed by atoms with Crippen LogP contribution >= 0.6 is 0 Å². The summed E-state index contributed by atoms with van der Waals surface area (Å²) >= 11 is 0. The smallest absolute Gasteiger partial charge is 0.166 e. The minimum atomic E-state index is -0.948. The van der Waals surface area contributed by atoms with Gasteiger partial charge in [-0.05, 0) is 47.9 Å². The van der Waals surface area contributed by atoms with E-state index in [1.807, 2.05) is 6.92 Å². The van der Waals surface area contributed by atoms with E-state index in [-0.39, 0.29) is 42.1 Å². The van der Waals surface area contributed by atoms with Crippen molar-refractivity contribution >= 4 is 0 Å². The zero-order valence-electron chi connectivity index (χ0n) is 22.9. The van der Waals surface area contributed by atoms with Gasteiger partial charge in [-0.2, -0.15) is 0 Å². The number of hydrogen-bond donors (Lipinski definition) is 0. The molecule has 1 aliphatic heterocycles. The van der Waals surface area contributed by atoms with Crippen LogP contribution in [-0.2, 0) is 15.9 Å². The van der Waals surface area contributed by atoms with Gasteiger partial charge in [0.25, 0.3) is 0 Å². The Balaban J connectivity index is 1.42. The van der Waals surface area contributed by atoms with Crippen molar-refractivity contribution in [2.75, 3.05) is 13.2 Å². The second kappa shape index (κ2) is 14.1. The Kier molecular flexibility index (Phi) is 10.6. The van der Waals surface area contributed by atoms with Crippen molar-refractivity contribution in [1.29, 1.82) is 0 Å². The second-order valence-corrected chi connectivity index (χ2v) is 10.4. The zero-order chi connectivity index (χ0) is 27.8. The number of rotatable bonds is 12. The van der Waals surface area contributed by atoms with Crippen LogP contribution in [0, 0.1) is 23.3 Å². The fourth-order valence-electron chi connectivity index (χ4n) is 5.11. The van der Waals surface area contributed by atoms with E-state index < -0.39 is 23.3 Å². The van der Waals surface area contributed by atoms with Crippen molar-refractivity contribution in [3.05, 3.63) is 82.9 Å². The van der Waals surface area contributed by atoms with E-state index in [0.29, 0.717) is 23.1 Å². The minimum Gasteiger partial charge on any atom is -0.352 e. The molecule has 210 valence electrons. The predicted octanol–water partition coefficient (Wildman–Crippen LogP) is 9.74. The molecule has 0 atom stereocenters. The SMILES string of the molecule is CCCCCCCC1OCC(c2ccc(-c3ccc(-c4ccc(CCCC)c(F)c4F)cc3)c(F)c2F)CO1. The topological polar surface area (TPSA) is 18.5 Å². The lowest BCUT2D eigenvalue weighted by Crippen LogP contribution is -2.31. The van der Waals surface area contributed by atoms with Gasteiger partial charge in [0.1, 0.15) is 0 Å². The zero-order valence-corrected chi connectivity index (χ0v) is 22.9. The van der Waals surface area contributed by atoms with Crippen molar-refractivity contribution in [2.45, 2.75) is 83.8 Å². The molecule has 1 aliphatic rings. The van der Waals surface area contributed by atoms with Gasteiger partial charge in [0, 0.05) is 17.0 Å². The molecule has 0 spiro atoms. The van der Waals surface area contributed by atoms with E-state index in [4.69, 9.17) is 9.47 Å². The summed E-state index contributed by atoms with van der Waals surface area (Å²) in [7, 11) is 0. The van der Waals surface area contributed by atoms with Crippen LogP contribution in [0.15, 0.2) is 48.5 Å². The van der Waals surface area contributed by atoms with Gasteiger partial charge in [-0.1, -0.05) is 94.5 Å². The highest BCUT2D eigenvalue weighted by molar-refractivity contribution is 5.71. The number of ether oxygens (including phenoxy) is 2. The minimum absolute atomic E-state index is 0.104. The van der Waals surface area contributed by atoms with Gasteiger partial charge in [-0.3, -0.25) is 0 Å². The van der Waals surface area contributed by atoms with Crippen LogP contribution in [0.25, 0.3) is 22.3 Å². The molecule has 2 nitrogen and oxygen atoms in total. The van der Waals surface area contributed by atoms with Crippen molar-refractivity contribution in [3.63, 3.8) is 0 Å². The number of aryl methyl sites for hydroxylation is 1. The van der Waals surface area contributed by atoms with Gasteiger partial charge >= 0.3 is 0 Å². The van der Waals surface area contributed by atoms with Crippen LogP contribution in [0.3, 0.4) is 0 Å². The molecule has 0 saturated carbocycles. The lowest BCUT2D eigenvalue weighted by atomic mass is 9.94. The molecule has 0 aliphatic carbocycles. The monoisotopic (exact) mass is 542 g/mol. The first kappa shape index (κ1) is 29.3. The molecule has 0 amide bonds. The van der Waals surface area contributed by atoms with Gasteiger partial charge in [0.15, 0.2) is 29.6 Å². The van der Waals surface area contributed by atoms with Crippen LogP contribution in [-0.4, -0.2) is 19.5 Å². The highest BCUT2D eigenvalue weighted by atomic mass is 19.2. The maximum atomic E-state index is 15.2. The van der Waals surface area contributed by atoms with Crippen LogP contribution < -0.4 is 0 Å². The Labute approximate surface area is 229 Å². The molecular formula is C33H38F4O2. The fourth-order valence-corrected chi connectivity index (χ4v) is 5.11. The molecule has 1 fully saturated rings. The molecule has 39 heavy (non-hydrogen) atoms. The Bertz CT molecular complexity index is 1220. The van der Waals surface area contributed by atoms with E-state index in [1.165, 1.54) is 19.3 Å². The highest BCUT2D eigenvalue weighted by Gasteiger charge is 2.27. The number of hydrogen-bond acceptors (Lipinski definition) is 2. The van der Waals surface area contributed by atoms with E-state index in [1.54, 1.807) is 48.5 Å². The van der Waals surface area contributed by atoms with Crippen LogP contribution in [0.4, 0.5) is 17.6 Å². The van der Waals surface area contributed by atoms with Gasteiger partial charge in [0.05, 0.1) is 13.2 Å². The Morgan fingerprint density at radius 3 is 1.79 bits per heavy atom. The van der Waals surface area contributed by atoms with Crippen molar-refractivity contribution in [3.8, 4) is 22.3 Å². The van der Waals surface area contributed by atoms with E-state index in [2.05, 4.69) is 6.92 Å². The lowest BCUT2D eigenvalue weighted by molar-refractivity contribution is -0.190. The largest absolute Gasteiger partial charge is 0.352 e. The van der Waals surface area contributed by atoms with E-state index in [0.717, 1.165) is 32.1 Å². The molecular weight excluding hydrogens is 504 g/mol. The summed E-state index contributed by atoms with van der Waals surface area (Å²) < 4.78 is 71.2. The predicted molar refractivity (Wildman–Crippen MR) is 148 cm³/mol. The molecule has 1 heterocycles. The summed E-state index contributed by atoms with van der Waals surface area (Å²) in [5.74, 6) is -3.97. The van der Waals surface area contributed by atoms with E-state index in [9.17, 15) is 8.78 Å². The van der Waals surface area contributed by atoms with Crippen LogP contribution in [0.2, 0.25) is 0 Å². The molecule has 0 bridgehead atoms. The first-order valence-corrected chi connectivity index (χ1v) is 14.2. The summed E-state index contributed by atoms with van der Waals surface area (Å²) in [6, 6.07) is 12.7. The molecule has 6 heteroatoms. The molecule has 0 aromatic heterocycles. The van der Waals surface area contributed by atoms with Gasteiger partial charge < -0.3 is 9.47 Å². The summed E-state index contributed by atoms with van der Waals surface area (Å²) in [6.45, 7) is 4.74. The standard InChI is InChI=1S/C33H38F4O2/c1-3-5-7-8-9-11-29-38-20-25(21-39-29)28-19-18-27(32(36)33(28)37)23-14-12-22(13-15-23)26-17-16-24(10-6-4-2)30(34)31(26)35/h12-19,25,29H,3-11,20-21H2,1-2H3. The third-order valence-corrected chi connectivity index (χ3v) is 7.53. The highest BCUT2D eigenvalue weighted by Crippen LogP contribution is 2.34. The Hall–Kier alpha value is -2.70. The maximum Gasteiger partial charge on any atom is 0.166 e. The first-order valence-electron chi connectivity index (χ1n) is 14.2. The molecule has 3 aromatic carbocycles. The maximum absolute atomic E-state index is 15.2. The van der Waals surface area contributed by atoms with Crippen LogP contribution in [0.5, 0.6) is 0 Å². The molecule has 0 unspecified atom stereocenters.